The van der Waals surface area contributed by atoms with Gasteiger partial charge in [0.25, 0.3) is 0 Å². The van der Waals surface area contributed by atoms with Crippen molar-refractivity contribution < 1.29 is 0 Å². The minimum Gasteiger partial charge on any atom is -0.369 e. The third kappa shape index (κ3) is 2.21. The van der Waals surface area contributed by atoms with Crippen LogP contribution in [-0.4, -0.2) is 35.5 Å². The summed E-state index contributed by atoms with van der Waals surface area (Å²) >= 11 is 0. The molecule has 1 aliphatic carbocycles. The van der Waals surface area contributed by atoms with E-state index in [0.29, 0.717) is 0 Å². The molecule has 1 unspecified atom stereocenters. The molecular formula is C12H20N4. The summed E-state index contributed by atoms with van der Waals surface area (Å²) in [5.41, 5.74) is 1.27. The van der Waals surface area contributed by atoms with Crippen molar-refractivity contribution in [2.24, 2.45) is 13.0 Å². The van der Waals surface area contributed by atoms with Gasteiger partial charge in [-0.05, 0) is 31.7 Å². The summed E-state index contributed by atoms with van der Waals surface area (Å²) in [5, 5.41) is 7.86. The van der Waals surface area contributed by atoms with Crippen LogP contribution in [0.2, 0.25) is 0 Å². The molecule has 0 bridgehead atoms. The topological polar surface area (TPSA) is 33.1 Å². The molecule has 16 heavy (non-hydrogen) atoms. The number of aryl methyl sites for hydroxylation is 1. The Morgan fingerprint density at radius 2 is 2.31 bits per heavy atom. The highest BCUT2D eigenvalue weighted by Gasteiger charge is 2.26. The average Bonchev–Trinajstić information content (AvgIpc) is 2.81. The van der Waals surface area contributed by atoms with Gasteiger partial charge in [-0.3, -0.25) is 4.68 Å². The molecule has 1 aliphatic heterocycles. The van der Waals surface area contributed by atoms with Crippen LogP contribution in [0.4, 0.5) is 5.69 Å². The van der Waals surface area contributed by atoms with E-state index in [-0.39, 0.29) is 0 Å². The molecule has 0 radical (unpaired) electrons. The Labute approximate surface area is 96.6 Å². The Kier molecular flexibility index (Phi) is 2.59. The van der Waals surface area contributed by atoms with Crippen LogP contribution >= 0.6 is 0 Å². The predicted octanol–water partition coefficient (Wildman–Crippen LogP) is 0.998. The number of anilines is 1. The fourth-order valence-corrected chi connectivity index (χ4v) is 2.43. The molecule has 2 heterocycles. The van der Waals surface area contributed by atoms with Crippen LogP contribution in [0.1, 0.15) is 19.3 Å². The van der Waals surface area contributed by atoms with Crippen LogP contribution in [0, 0.1) is 5.92 Å². The molecule has 2 fully saturated rings. The highest BCUT2D eigenvalue weighted by molar-refractivity contribution is 5.43. The van der Waals surface area contributed by atoms with E-state index in [0.717, 1.165) is 12.0 Å². The summed E-state index contributed by atoms with van der Waals surface area (Å²) < 4.78 is 1.88. The number of rotatable bonds is 4. The van der Waals surface area contributed by atoms with Crippen LogP contribution in [0.15, 0.2) is 12.4 Å². The monoisotopic (exact) mass is 220 g/mol. The van der Waals surface area contributed by atoms with E-state index in [4.69, 9.17) is 0 Å². The molecule has 0 spiro atoms. The van der Waals surface area contributed by atoms with Crippen molar-refractivity contribution >= 4 is 5.69 Å². The second-order valence-corrected chi connectivity index (χ2v) is 5.16. The summed E-state index contributed by atoms with van der Waals surface area (Å²) in [5.74, 6) is 0.820. The molecule has 1 aromatic rings. The van der Waals surface area contributed by atoms with Crippen molar-refractivity contribution in [3.8, 4) is 0 Å². The molecular weight excluding hydrogens is 200 g/mol. The number of nitrogens with one attached hydrogen (secondary N) is 1. The SMILES string of the molecule is Cn1cc(N2CCC(CNC3CC3)C2)cn1. The van der Waals surface area contributed by atoms with Crippen molar-refractivity contribution in [1.82, 2.24) is 15.1 Å². The zero-order chi connectivity index (χ0) is 11.0. The molecule has 88 valence electrons. The van der Waals surface area contributed by atoms with Gasteiger partial charge in [-0.15, -0.1) is 0 Å². The van der Waals surface area contributed by atoms with Gasteiger partial charge in [-0.2, -0.15) is 5.10 Å². The van der Waals surface area contributed by atoms with E-state index in [1.165, 1.54) is 44.6 Å². The van der Waals surface area contributed by atoms with Crippen molar-refractivity contribution in [3.63, 3.8) is 0 Å². The van der Waals surface area contributed by atoms with E-state index >= 15 is 0 Å². The highest BCUT2D eigenvalue weighted by Crippen LogP contribution is 2.24. The van der Waals surface area contributed by atoms with Crippen molar-refractivity contribution in [3.05, 3.63) is 12.4 Å². The largest absolute Gasteiger partial charge is 0.369 e. The lowest BCUT2D eigenvalue weighted by molar-refractivity contribution is 0.515. The maximum Gasteiger partial charge on any atom is 0.0752 e. The first kappa shape index (κ1) is 10.1. The molecule has 4 heteroatoms. The van der Waals surface area contributed by atoms with Gasteiger partial charge in [0.2, 0.25) is 0 Å². The standard InChI is InChI=1S/C12H20N4/c1-15-9-12(7-14-15)16-5-4-10(8-16)6-13-11-2-3-11/h7,9-11,13H,2-6,8H2,1H3. The molecule has 0 aromatic carbocycles. The van der Waals surface area contributed by atoms with Crippen LogP contribution in [0.3, 0.4) is 0 Å². The summed E-state index contributed by atoms with van der Waals surface area (Å²) in [6, 6.07) is 0.840. The molecule has 1 aromatic heterocycles. The lowest BCUT2D eigenvalue weighted by atomic mass is 10.1. The minimum absolute atomic E-state index is 0.820. The van der Waals surface area contributed by atoms with Gasteiger partial charge in [0.15, 0.2) is 0 Å². The summed E-state index contributed by atoms with van der Waals surface area (Å²) in [4.78, 5) is 2.45. The maximum absolute atomic E-state index is 4.23. The maximum atomic E-state index is 4.23. The van der Waals surface area contributed by atoms with Gasteiger partial charge in [-0.1, -0.05) is 0 Å². The lowest BCUT2D eigenvalue weighted by Crippen LogP contribution is -2.27. The van der Waals surface area contributed by atoms with Crippen LogP contribution < -0.4 is 10.2 Å². The van der Waals surface area contributed by atoms with Crippen molar-refractivity contribution in [2.45, 2.75) is 25.3 Å². The Morgan fingerprint density at radius 3 is 3.00 bits per heavy atom. The highest BCUT2D eigenvalue weighted by atomic mass is 15.3. The molecule has 1 N–H and O–H groups in total. The number of aromatic nitrogens is 2. The Morgan fingerprint density at radius 1 is 1.44 bits per heavy atom. The molecule has 2 aliphatic rings. The van der Waals surface area contributed by atoms with E-state index in [2.05, 4.69) is 21.5 Å². The third-order valence-corrected chi connectivity index (χ3v) is 3.61. The van der Waals surface area contributed by atoms with Gasteiger partial charge in [0.1, 0.15) is 0 Å². The number of nitrogens with zero attached hydrogens (tertiary/aromatic N) is 3. The second kappa shape index (κ2) is 4.09. The molecule has 0 amide bonds. The average molecular weight is 220 g/mol. The molecule has 1 atom stereocenters. The predicted molar refractivity (Wildman–Crippen MR) is 64.6 cm³/mol. The van der Waals surface area contributed by atoms with Crippen molar-refractivity contribution in [1.29, 1.82) is 0 Å². The van der Waals surface area contributed by atoms with E-state index in [1.54, 1.807) is 0 Å². The second-order valence-electron chi connectivity index (χ2n) is 5.16. The lowest BCUT2D eigenvalue weighted by Gasteiger charge is -2.16. The van der Waals surface area contributed by atoms with Crippen LogP contribution in [-0.2, 0) is 7.05 Å². The Hall–Kier alpha value is -1.03. The number of hydrogen-bond donors (Lipinski definition) is 1. The van der Waals surface area contributed by atoms with Crippen LogP contribution in [0.5, 0.6) is 0 Å². The summed E-state index contributed by atoms with van der Waals surface area (Å²) in [7, 11) is 1.98. The minimum atomic E-state index is 0.820. The smallest absolute Gasteiger partial charge is 0.0752 e. The quantitative estimate of drug-likeness (QED) is 0.821. The van der Waals surface area contributed by atoms with E-state index < -0.39 is 0 Å². The van der Waals surface area contributed by atoms with Gasteiger partial charge >= 0.3 is 0 Å². The summed E-state index contributed by atoms with van der Waals surface area (Å²) in [6.07, 6.45) is 8.17. The zero-order valence-corrected chi connectivity index (χ0v) is 9.89. The zero-order valence-electron chi connectivity index (χ0n) is 9.89. The van der Waals surface area contributed by atoms with Gasteiger partial charge < -0.3 is 10.2 Å². The first-order valence-electron chi connectivity index (χ1n) is 6.28. The van der Waals surface area contributed by atoms with E-state index in [1.807, 2.05) is 17.9 Å². The molecule has 1 saturated heterocycles. The Balaban J connectivity index is 1.51. The van der Waals surface area contributed by atoms with Gasteiger partial charge in [-0.25, -0.2) is 0 Å². The normalized spacial score (nSPS) is 25.3. The fraction of sp³-hybridized carbons (Fsp3) is 0.750. The van der Waals surface area contributed by atoms with E-state index in [9.17, 15) is 0 Å². The molecule has 3 rings (SSSR count). The van der Waals surface area contributed by atoms with Crippen LogP contribution in [0.25, 0.3) is 0 Å². The first-order chi connectivity index (χ1) is 7.81. The number of hydrogen-bond acceptors (Lipinski definition) is 3. The summed E-state index contributed by atoms with van der Waals surface area (Å²) in [6.45, 7) is 3.57. The van der Waals surface area contributed by atoms with Gasteiger partial charge in [0, 0.05) is 32.4 Å². The Bertz CT molecular complexity index is 356. The van der Waals surface area contributed by atoms with Gasteiger partial charge in [0.05, 0.1) is 11.9 Å². The van der Waals surface area contributed by atoms with Crippen molar-refractivity contribution in [2.75, 3.05) is 24.5 Å². The molecule has 1 saturated carbocycles. The fourth-order valence-electron chi connectivity index (χ4n) is 2.43. The third-order valence-electron chi connectivity index (χ3n) is 3.61. The molecule has 4 nitrogen and oxygen atoms in total. The first-order valence-corrected chi connectivity index (χ1v) is 6.28.